The number of esters is 1. The molecule has 0 aromatic heterocycles. The molecule has 0 aromatic rings. The zero-order valence-corrected chi connectivity index (χ0v) is 14.9. The average molecular weight is 326 g/mol. The summed E-state index contributed by atoms with van der Waals surface area (Å²) in [6.07, 6.45) is 14.6. The van der Waals surface area contributed by atoms with Crippen molar-refractivity contribution in [1.82, 2.24) is 0 Å². The third-order valence-electron chi connectivity index (χ3n) is 3.96. The van der Waals surface area contributed by atoms with Crippen molar-refractivity contribution in [1.29, 1.82) is 0 Å². The van der Waals surface area contributed by atoms with Crippen LogP contribution in [0.25, 0.3) is 0 Å². The van der Waals surface area contributed by atoms with Gasteiger partial charge in [0, 0.05) is 12.8 Å². The first-order valence-corrected chi connectivity index (χ1v) is 9.34. The van der Waals surface area contributed by atoms with Crippen LogP contribution in [0.5, 0.6) is 0 Å². The van der Waals surface area contributed by atoms with E-state index in [2.05, 4.69) is 26.0 Å². The molecular weight excluding hydrogens is 292 g/mol. The van der Waals surface area contributed by atoms with Gasteiger partial charge in [-0.3, -0.25) is 4.79 Å². The second-order valence-corrected chi connectivity index (χ2v) is 6.19. The summed E-state index contributed by atoms with van der Waals surface area (Å²) >= 11 is 0. The quantitative estimate of drug-likeness (QED) is 0.278. The minimum Gasteiger partial charge on any atom is -0.463 e. The van der Waals surface area contributed by atoms with E-state index < -0.39 is 0 Å². The highest BCUT2D eigenvalue weighted by Crippen LogP contribution is 2.16. The van der Waals surface area contributed by atoms with Gasteiger partial charge in [-0.2, -0.15) is 0 Å². The number of ether oxygens (including phenoxy) is 3. The lowest BCUT2D eigenvalue weighted by atomic mass is 10.1. The maximum absolute atomic E-state index is 11.7. The molecule has 0 amide bonds. The fourth-order valence-corrected chi connectivity index (χ4v) is 2.58. The van der Waals surface area contributed by atoms with Gasteiger partial charge in [-0.1, -0.05) is 64.5 Å². The van der Waals surface area contributed by atoms with Crippen LogP contribution in [0.3, 0.4) is 0 Å². The Morgan fingerprint density at radius 3 is 2.57 bits per heavy atom. The van der Waals surface area contributed by atoms with Crippen LogP contribution < -0.4 is 0 Å². The Hall–Kier alpha value is -0.870. The van der Waals surface area contributed by atoms with Gasteiger partial charge in [0.05, 0.1) is 6.61 Å². The number of rotatable bonds is 13. The Morgan fingerprint density at radius 1 is 1.09 bits per heavy atom. The molecule has 1 aliphatic rings. The van der Waals surface area contributed by atoms with Crippen LogP contribution in [-0.2, 0) is 19.0 Å². The molecule has 2 unspecified atom stereocenters. The molecule has 0 aliphatic carbocycles. The Balaban J connectivity index is 1.96. The summed E-state index contributed by atoms with van der Waals surface area (Å²) in [4.78, 5) is 11.7. The predicted molar refractivity (Wildman–Crippen MR) is 92.2 cm³/mol. The fourth-order valence-electron chi connectivity index (χ4n) is 2.58. The third kappa shape index (κ3) is 10.5. The smallest absolute Gasteiger partial charge is 0.305 e. The monoisotopic (exact) mass is 326 g/mol. The standard InChI is InChI=1S/C19H34O4/c1-3-5-7-8-9-10-12-13-18(20)21-15-17-16-22-19(23-17)14-11-6-4-2/h6,11,17,19H,3-5,7-10,12-16H2,1-2H3. The highest BCUT2D eigenvalue weighted by molar-refractivity contribution is 5.69. The van der Waals surface area contributed by atoms with Gasteiger partial charge >= 0.3 is 5.97 Å². The van der Waals surface area contributed by atoms with Gasteiger partial charge in [0.1, 0.15) is 12.7 Å². The van der Waals surface area contributed by atoms with Crippen LogP contribution in [0.2, 0.25) is 0 Å². The number of carbonyl (C=O) groups is 1. The third-order valence-corrected chi connectivity index (χ3v) is 3.96. The maximum Gasteiger partial charge on any atom is 0.305 e. The number of allylic oxidation sites excluding steroid dienone is 1. The van der Waals surface area contributed by atoms with E-state index in [-0.39, 0.29) is 18.4 Å². The molecule has 4 nitrogen and oxygen atoms in total. The van der Waals surface area contributed by atoms with Gasteiger partial charge in [0.2, 0.25) is 0 Å². The topological polar surface area (TPSA) is 44.8 Å². The van der Waals surface area contributed by atoms with Crippen molar-refractivity contribution in [2.45, 2.75) is 90.4 Å². The van der Waals surface area contributed by atoms with Crippen molar-refractivity contribution in [3.8, 4) is 0 Å². The summed E-state index contributed by atoms with van der Waals surface area (Å²) < 4.78 is 16.5. The van der Waals surface area contributed by atoms with Crippen molar-refractivity contribution in [2.75, 3.05) is 13.2 Å². The number of carbonyl (C=O) groups excluding carboxylic acids is 1. The Labute approximate surface area is 141 Å². The van der Waals surface area contributed by atoms with Crippen molar-refractivity contribution in [3.63, 3.8) is 0 Å². The summed E-state index contributed by atoms with van der Waals surface area (Å²) in [5.41, 5.74) is 0. The van der Waals surface area contributed by atoms with Crippen LogP contribution in [-0.4, -0.2) is 31.6 Å². The first-order chi connectivity index (χ1) is 11.3. The van der Waals surface area contributed by atoms with Gasteiger partial charge in [0.15, 0.2) is 6.29 Å². The number of hydrogen-bond donors (Lipinski definition) is 0. The lowest BCUT2D eigenvalue weighted by Crippen LogP contribution is -2.21. The van der Waals surface area contributed by atoms with Gasteiger partial charge in [0.25, 0.3) is 0 Å². The first kappa shape index (κ1) is 20.2. The highest BCUT2D eigenvalue weighted by atomic mass is 16.7. The van der Waals surface area contributed by atoms with E-state index in [1.165, 1.54) is 32.1 Å². The normalized spacial score (nSPS) is 21.1. The lowest BCUT2D eigenvalue weighted by molar-refractivity contribution is -0.148. The Bertz CT molecular complexity index is 327. The Morgan fingerprint density at radius 2 is 1.83 bits per heavy atom. The lowest BCUT2D eigenvalue weighted by Gasteiger charge is -2.10. The van der Waals surface area contributed by atoms with E-state index in [4.69, 9.17) is 14.2 Å². The van der Waals surface area contributed by atoms with Gasteiger partial charge in [-0.15, -0.1) is 0 Å². The molecule has 1 rings (SSSR count). The van der Waals surface area contributed by atoms with E-state index in [0.717, 1.165) is 25.7 Å². The fraction of sp³-hybridized carbons (Fsp3) is 0.842. The predicted octanol–water partition coefficient (Wildman–Crippen LogP) is 4.77. The summed E-state index contributed by atoms with van der Waals surface area (Å²) in [7, 11) is 0. The minimum absolute atomic E-state index is 0.114. The average Bonchev–Trinajstić information content (AvgIpc) is 3.00. The molecule has 23 heavy (non-hydrogen) atoms. The van der Waals surface area contributed by atoms with Crippen LogP contribution >= 0.6 is 0 Å². The molecule has 0 bridgehead atoms. The molecule has 0 radical (unpaired) electrons. The molecule has 0 aromatic carbocycles. The number of hydrogen-bond acceptors (Lipinski definition) is 4. The van der Waals surface area contributed by atoms with E-state index in [1.807, 2.05) is 0 Å². The summed E-state index contributed by atoms with van der Waals surface area (Å²) in [6, 6.07) is 0. The maximum atomic E-state index is 11.7. The summed E-state index contributed by atoms with van der Waals surface area (Å²) in [5.74, 6) is -0.114. The van der Waals surface area contributed by atoms with Gasteiger partial charge in [-0.25, -0.2) is 0 Å². The molecule has 1 heterocycles. The van der Waals surface area contributed by atoms with E-state index >= 15 is 0 Å². The van der Waals surface area contributed by atoms with Crippen LogP contribution in [0, 0.1) is 0 Å². The molecule has 1 saturated heterocycles. The largest absolute Gasteiger partial charge is 0.463 e. The number of unbranched alkanes of at least 4 members (excludes halogenated alkanes) is 6. The Kier molecular flexibility index (Phi) is 11.9. The van der Waals surface area contributed by atoms with Crippen molar-refractivity contribution < 1.29 is 19.0 Å². The van der Waals surface area contributed by atoms with E-state index in [1.54, 1.807) is 0 Å². The highest BCUT2D eigenvalue weighted by Gasteiger charge is 2.26. The molecule has 0 N–H and O–H groups in total. The van der Waals surface area contributed by atoms with Crippen molar-refractivity contribution in [2.24, 2.45) is 0 Å². The van der Waals surface area contributed by atoms with Crippen LogP contribution in [0.15, 0.2) is 12.2 Å². The molecular formula is C19H34O4. The van der Waals surface area contributed by atoms with Crippen molar-refractivity contribution >= 4 is 5.97 Å². The zero-order chi connectivity index (χ0) is 16.8. The molecule has 1 aliphatic heterocycles. The molecule has 0 spiro atoms. The van der Waals surface area contributed by atoms with E-state index in [9.17, 15) is 4.79 Å². The summed E-state index contributed by atoms with van der Waals surface area (Å²) in [6.45, 7) is 5.14. The van der Waals surface area contributed by atoms with Crippen LogP contribution in [0.4, 0.5) is 0 Å². The van der Waals surface area contributed by atoms with Crippen LogP contribution in [0.1, 0.15) is 78.1 Å². The molecule has 2 atom stereocenters. The molecule has 4 heteroatoms. The summed E-state index contributed by atoms with van der Waals surface area (Å²) in [5, 5.41) is 0. The molecule has 134 valence electrons. The second-order valence-electron chi connectivity index (χ2n) is 6.19. The molecule has 0 saturated carbocycles. The van der Waals surface area contributed by atoms with Gasteiger partial charge < -0.3 is 14.2 Å². The zero-order valence-electron chi connectivity index (χ0n) is 14.9. The van der Waals surface area contributed by atoms with Crippen molar-refractivity contribution in [3.05, 3.63) is 12.2 Å². The second kappa shape index (κ2) is 13.6. The molecule has 1 fully saturated rings. The van der Waals surface area contributed by atoms with Gasteiger partial charge in [-0.05, 0) is 12.8 Å². The first-order valence-electron chi connectivity index (χ1n) is 9.34. The SMILES string of the molecule is CCC=CCC1OCC(COC(=O)CCCCCCCCC)O1. The van der Waals surface area contributed by atoms with E-state index in [0.29, 0.717) is 19.6 Å². The minimum atomic E-state index is -0.190.